The average Bonchev–Trinajstić information content (AvgIpc) is 2.69. The molecule has 0 saturated carbocycles. The Kier molecular flexibility index (Phi) is 6.98. The maximum Gasteiger partial charge on any atom is 0.133 e. The van der Waals surface area contributed by atoms with E-state index in [0.717, 1.165) is 70.4 Å². The molecule has 2 aliphatic heterocycles. The number of nitrogens with zero attached hydrogens (tertiary/aromatic N) is 5. The molecule has 0 atom stereocenters. The van der Waals surface area contributed by atoms with Gasteiger partial charge in [-0.15, -0.1) is 0 Å². The molecule has 0 N–H and O–H groups in total. The van der Waals surface area contributed by atoms with E-state index in [-0.39, 0.29) is 0 Å². The fourth-order valence-electron chi connectivity index (χ4n) is 3.36. The van der Waals surface area contributed by atoms with E-state index in [4.69, 9.17) is 19.7 Å². The Labute approximate surface area is 149 Å². The van der Waals surface area contributed by atoms with Crippen molar-refractivity contribution in [3.05, 3.63) is 18.1 Å². The molecule has 0 aliphatic carbocycles. The second-order valence-electron chi connectivity index (χ2n) is 6.51. The van der Waals surface area contributed by atoms with Crippen LogP contribution in [-0.2, 0) is 9.47 Å². The number of aromatic nitrogens is 2. The number of hydrogen-bond acceptors (Lipinski definition) is 7. The lowest BCUT2D eigenvalue weighted by Crippen LogP contribution is -2.37. The molecular weight excluding hydrogens is 318 g/mol. The van der Waals surface area contributed by atoms with Crippen LogP contribution >= 0.6 is 0 Å². The number of likely N-dealkylation sites (tertiary alicyclic amines) is 1. The van der Waals surface area contributed by atoms with Gasteiger partial charge in [0.2, 0.25) is 0 Å². The summed E-state index contributed by atoms with van der Waals surface area (Å²) in [5, 5.41) is 8.49. The maximum absolute atomic E-state index is 8.49. The van der Waals surface area contributed by atoms with Crippen LogP contribution in [0.15, 0.2) is 12.3 Å². The Morgan fingerprint density at radius 1 is 1.20 bits per heavy atom. The molecule has 136 valence electrons. The van der Waals surface area contributed by atoms with Crippen LogP contribution in [0, 0.1) is 11.3 Å². The third-order valence-electron chi connectivity index (χ3n) is 4.86. The van der Waals surface area contributed by atoms with Gasteiger partial charge in [0.25, 0.3) is 0 Å². The SMILES string of the molecule is N#CCCOCCN1CCC(c2nccc(N3CCOCC3)n2)CC1. The molecule has 2 fully saturated rings. The van der Waals surface area contributed by atoms with Crippen molar-refractivity contribution >= 4 is 5.82 Å². The summed E-state index contributed by atoms with van der Waals surface area (Å²) in [6.07, 6.45) is 4.54. The third kappa shape index (κ3) is 5.36. The van der Waals surface area contributed by atoms with Crippen molar-refractivity contribution in [1.82, 2.24) is 14.9 Å². The summed E-state index contributed by atoms with van der Waals surface area (Å²) in [6, 6.07) is 4.10. The molecule has 0 radical (unpaired) electrons. The summed E-state index contributed by atoms with van der Waals surface area (Å²) < 4.78 is 10.9. The van der Waals surface area contributed by atoms with E-state index in [1.807, 2.05) is 12.3 Å². The van der Waals surface area contributed by atoms with E-state index in [1.165, 1.54) is 0 Å². The first-order valence-corrected chi connectivity index (χ1v) is 9.19. The first kappa shape index (κ1) is 18.1. The summed E-state index contributed by atoms with van der Waals surface area (Å²) in [5.74, 6) is 2.45. The van der Waals surface area contributed by atoms with Crippen LogP contribution in [0.2, 0.25) is 0 Å². The first-order chi connectivity index (χ1) is 12.4. The van der Waals surface area contributed by atoms with Gasteiger partial charge in [-0.1, -0.05) is 0 Å². The van der Waals surface area contributed by atoms with Crippen molar-refractivity contribution in [3.8, 4) is 6.07 Å². The fraction of sp³-hybridized carbons (Fsp3) is 0.722. The normalized spacial score (nSPS) is 19.7. The molecule has 3 rings (SSSR count). The maximum atomic E-state index is 8.49. The van der Waals surface area contributed by atoms with E-state index in [1.54, 1.807) is 0 Å². The molecule has 0 aromatic carbocycles. The van der Waals surface area contributed by atoms with E-state index in [2.05, 4.69) is 20.9 Å². The predicted octanol–water partition coefficient (Wildman–Crippen LogP) is 1.42. The number of piperidine rings is 1. The summed E-state index contributed by atoms with van der Waals surface area (Å²) in [6.45, 7) is 7.63. The van der Waals surface area contributed by atoms with Gasteiger partial charge in [0.15, 0.2) is 0 Å². The highest BCUT2D eigenvalue weighted by Gasteiger charge is 2.23. The van der Waals surface area contributed by atoms with Crippen LogP contribution in [0.3, 0.4) is 0 Å². The van der Waals surface area contributed by atoms with Crippen molar-refractivity contribution in [2.45, 2.75) is 25.2 Å². The number of morpholine rings is 1. The van der Waals surface area contributed by atoms with Gasteiger partial charge in [-0.2, -0.15) is 5.26 Å². The van der Waals surface area contributed by atoms with Crippen LogP contribution < -0.4 is 4.90 Å². The smallest absolute Gasteiger partial charge is 0.133 e. The molecule has 1 aromatic rings. The standard InChI is InChI=1S/C18H27N5O2/c19-5-1-12-24-13-9-22-7-3-16(4-8-22)18-20-6-2-17(21-18)23-10-14-25-15-11-23/h2,6,16H,1,3-4,7-15H2. The van der Waals surface area contributed by atoms with E-state index in [9.17, 15) is 0 Å². The Bertz CT molecular complexity index is 563. The van der Waals surface area contributed by atoms with Crippen LogP contribution in [0.25, 0.3) is 0 Å². The zero-order valence-corrected chi connectivity index (χ0v) is 14.8. The fourth-order valence-corrected chi connectivity index (χ4v) is 3.36. The zero-order chi connectivity index (χ0) is 17.3. The van der Waals surface area contributed by atoms with Gasteiger partial charge in [-0.05, 0) is 32.0 Å². The minimum Gasteiger partial charge on any atom is -0.379 e. The lowest BCUT2D eigenvalue weighted by atomic mass is 9.96. The topological polar surface area (TPSA) is 74.5 Å². The molecule has 0 bridgehead atoms. The Morgan fingerprint density at radius 2 is 2.00 bits per heavy atom. The molecule has 1 aromatic heterocycles. The van der Waals surface area contributed by atoms with E-state index in [0.29, 0.717) is 25.6 Å². The van der Waals surface area contributed by atoms with Crippen molar-refractivity contribution in [2.75, 3.05) is 64.1 Å². The van der Waals surface area contributed by atoms with Gasteiger partial charge in [0.1, 0.15) is 11.6 Å². The third-order valence-corrected chi connectivity index (χ3v) is 4.86. The number of nitriles is 1. The minimum absolute atomic E-state index is 0.441. The quantitative estimate of drug-likeness (QED) is 0.692. The van der Waals surface area contributed by atoms with Crippen molar-refractivity contribution < 1.29 is 9.47 Å². The Morgan fingerprint density at radius 3 is 2.76 bits per heavy atom. The van der Waals surface area contributed by atoms with E-state index < -0.39 is 0 Å². The Hall–Kier alpha value is -1.75. The monoisotopic (exact) mass is 345 g/mol. The van der Waals surface area contributed by atoms with Gasteiger partial charge >= 0.3 is 0 Å². The molecule has 25 heavy (non-hydrogen) atoms. The second kappa shape index (κ2) is 9.66. The molecular formula is C18H27N5O2. The van der Waals surface area contributed by atoms with Crippen LogP contribution in [0.5, 0.6) is 0 Å². The summed E-state index contributed by atoms with van der Waals surface area (Å²) >= 11 is 0. The molecule has 2 aliphatic rings. The predicted molar refractivity (Wildman–Crippen MR) is 94.5 cm³/mol. The number of ether oxygens (including phenoxy) is 2. The summed E-state index contributed by atoms with van der Waals surface area (Å²) in [7, 11) is 0. The van der Waals surface area contributed by atoms with Crippen LogP contribution in [0.4, 0.5) is 5.82 Å². The molecule has 3 heterocycles. The minimum atomic E-state index is 0.441. The lowest BCUT2D eigenvalue weighted by Gasteiger charge is -2.32. The van der Waals surface area contributed by atoms with Gasteiger partial charge < -0.3 is 19.3 Å². The molecule has 2 saturated heterocycles. The Balaban J connectivity index is 1.45. The van der Waals surface area contributed by atoms with Crippen molar-refractivity contribution in [2.24, 2.45) is 0 Å². The van der Waals surface area contributed by atoms with Gasteiger partial charge in [-0.3, -0.25) is 0 Å². The average molecular weight is 345 g/mol. The van der Waals surface area contributed by atoms with Crippen LogP contribution in [-0.4, -0.2) is 74.0 Å². The zero-order valence-electron chi connectivity index (χ0n) is 14.8. The number of rotatable bonds is 7. The largest absolute Gasteiger partial charge is 0.379 e. The van der Waals surface area contributed by atoms with Crippen LogP contribution in [0.1, 0.15) is 31.0 Å². The van der Waals surface area contributed by atoms with Gasteiger partial charge in [-0.25, -0.2) is 9.97 Å². The molecule has 7 heteroatoms. The highest BCUT2D eigenvalue weighted by atomic mass is 16.5. The summed E-state index contributed by atoms with van der Waals surface area (Å²) in [4.78, 5) is 14.1. The second-order valence-corrected chi connectivity index (χ2v) is 6.51. The first-order valence-electron chi connectivity index (χ1n) is 9.19. The number of anilines is 1. The van der Waals surface area contributed by atoms with Gasteiger partial charge in [0, 0.05) is 31.7 Å². The highest BCUT2D eigenvalue weighted by molar-refractivity contribution is 5.38. The molecule has 0 unspecified atom stereocenters. The lowest BCUT2D eigenvalue weighted by molar-refractivity contribution is 0.0967. The van der Waals surface area contributed by atoms with E-state index >= 15 is 0 Å². The molecule has 0 amide bonds. The van der Waals surface area contributed by atoms with Crippen molar-refractivity contribution in [3.63, 3.8) is 0 Å². The molecule has 0 spiro atoms. The molecule has 7 nitrogen and oxygen atoms in total. The highest BCUT2D eigenvalue weighted by Crippen LogP contribution is 2.26. The number of hydrogen-bond donors (Lipinski definition) is 0. The van der Waals surface area contributed by atoms with Crippen molar-refractivity contribution in [1.29, 1.82) is 5.26 Å². The van der Waals surface area contributed by atoms with Gasteiger partial charge in [0.05, 0.1) is 38.9 Å². The summed E-state index contributed by atoms with van der Waals surface area (Å²) in [5.41, 5.74) is 0.